The average molecular weight is 394 g/mol. The lowest BCUT2D eigenvalue weighted by atomic mass is 9.61. The minimum Gasteiger partial charge on any atom is -0.465 e. The second kappa shape index (κ2) is 7.09. The van der Waals surface area contributed by atoms with E-state index in [1.54, 1.807) is 0 Å². The van der Waals surface area contributed by atoms with Gasteiger partial charge in [-0.2, -0.15) is 0 Å². The Bertz CT molecular complexity index is 683. The number of nitrogens with zero attached hydrogens (tertiary/aromatic N) is 1. The van der Waals surface area contributed by atoms with Gasteiger partial charge in [-0.1, -0.05) is 18.9 Å². The predicted octanol–water partition coefficient (Wildman–Crippen LogP) is 3.59. The third kappa shape index (κ3) is 3.36. The number of aliphatic hydroxyl groups is 1. The summed E-state index contributed by atoms with van der Waals surface area (Å²) in [5.74, 6) is -0.573. The summed E-state index contributed by atoms with van der Waals surface area (Å²) in [5, 5.41) is 22.3. The van der Waals surface area contributed by atoms with Gasteiger partial charge in [0.2, 0.25) is 0 Å². The van der Waals surface area contributed by atoms with Gasteiger partial charge in [-0.25, -0.2) is 9.59 Å². The van der Waals surface area contributed by atoms with Crippen molar-refractivity contribution in [2.45, 2.75) is 63.1 Å². The Kier molecular flexibility index (Phi) is 4.93. The molecule has 2 N–H and O–H groups in total. The van der Waals surface area contributed by atoms with Crippen molar-refractivity contribution in [2.24, 2.45) is 11.3 Å². The Labute approximate surface area is 163 Å². The van der Waals surface area contributed by atoms with E-state index in [1.807, 2.05) is 17.5 Å². The molecule has 1 amide bonds. The first-order chi connectivity index (χ1) is 12.9. The van der Waals surface area contributed by atoms with Gasteiger partial charge in [0.15, 0.2) is 5.60 Å². The Morgan fingerprint density at radius 2 is 1.89 bits per heavy atom. The van der Waals surface area contributed by atoms with E-state index in [2.05, 4.69) is 0 Å². The number of likely N-dealkylation sites (tertiary alicyclic amines) is 1. The molecule has 1 aliphatic heterocycles. The maximum atomic E-state index is 13.0. The van der Waals surface area contributed by atoms with Crippen LogP contribution in [0, 0.1) is 11.3 Å². The fourth-order valence-corrected chi connectivity index (χ4v) is 6.01. The van der Waals surface area contributed by atoms with Crippen LogP contribution < -0.4 is 0 Å². The molecule has 148 valence electrons. The summed E-state index contributed by atoms with van der Waals surface area (Å²) in [6, 6.07) is 3.69. The maximum absolute atomic E-state index is 13.0. The zero-order chi connectivity index (χ0) is 19.1. The second-order valence-corrected chi connectivity index (χ2v) is 9.38. The standard InChI is InChI=1S/C20H27NO5S/c22-17(20(25,14-4-1-2-5-14)16-6-3-11-27-16)26-15-12-19(13-15)7-9-21(10-8-19)18(23)24/h3,6,11,14-15,25H,1-2,4-5,7-10,12-13H2,(H,23,24). The van der Waals surface area contributed by atoms with Crippen molar-refractivity contribution in [3.8, 4) is 0 Å². The predicted molar refractivity (Wildman–Crippen MR) is 101 cm³/mol. The Hall–Kier alpha value is -1.60. The van der Waals surface area contributed by atoms with Gasteiger partial charge < -0.3 is 19.8 Å². The van der Waals surface area contributed by atoms with Crippen molar-refractivity contribution >= 4 is 23.4 Å². The summed E-state index contributed by atoms with van der Waals surface area (Å²) in [4.78, 5) is 26.2. The molecule has 3 fully saturated rings. The number of hydrogen-bond donors (Lipinski definition) is 2. The van der Waals surface area contributed by atoms with Crippen LogP contribution in [0.5, 0.6) is 0 Å². The molecule has 6 nitrogen and oxygen atoms in total. The second-order valence-electron chi connectivity index (χ2n) is 8.43. The quantitative estimate of drug-likeness (QED) is 0.764. The highest BCUT2D eigenvalue weighted by atomic mass is 32.1. The van der Waals surface area contributed by atoms with Crippen LogP contribution in [-0.4, -0.2) is 46.4 Å². The van der Waals surface area contributed by atoms with Crippen molar-refractivity contribution in [2.75, 3.05) is 13.1 Å². The van der Waals surface area contributed by atoms with E-state index in [-0.39, 0.29) is 17.4 Å². The van der Waals surface area contributed by atoms with Gasteiger partial charge in [0.05, 0.1) is 0 Å². The van der Waals surface area contributed by atoms with E-state index in [4.69, 9.17) is 9.84 Å². The average Bonchev–Trinajstić information content (AvgIpc) is 3.34. The number of esters is 1. The number of ether oxygens (including phenoxy) is 1. The van der Waals surface area contributed by atoms with Crippen molar-refractivity contribution in [3.63, 3.8) is 0 Å². The number of carbonyl (C=O) groups is 2. The summed E-state index contributed by atoms with van der Waals surface area (Å²) in [6.45, 7) is 1.11. The largest absolute Gasteiger partial charge is 0.465 e. The Morgan fingerprint density at radius 3 is 2.44 bits per heavy atom. The van der Waals surface area contributed by atoms with E-state index in [0.29, 0.717) is 18.0 Å². The molecule has 4 rings (SSSR count). The molecule has 1 atom stereocenters. The molecule has 0 bridgehead atoms. The van der Waals surface area contributed by atoms with Crippen LogP contribution in [0.15, 0.2) is 17.5 Å². The molecular formula is C20H27NO5S. The summed E-state index contributed by atoms with van der Waals surface area (Å²) in [6.07, 6.45) is 5.96. The zero-order valence-electron chi connectivity index (χ0n) is 15.4. The summed E-state index contributed by atoms with van der Waals surface area (Å²) in [7, 11) is 0. The van der Waals surface area contributed by atoms with Crippen molar-refractivity contribution in [3.05, 3.63) is 22.4 Å². The minimum atomic E-state index is -1.53. The molecule has 7 heteroatoms. The zero-order valence-corrected chi connectivity index (χ0v) is 16.2. The molecule has 1 unspecified atom stereocenters. The van der Waals surface area contributed by atoms with Crippen molar-refractivity contribution in [1.82, 2.24) is 4.90 Å². The first kappa shape index (κ1) is 18.7. The third-order valence-corrected chi connectivity index (χ3v) is 7.84. The van der Waals surface area contributed by atoms with Crippen LogP contribution in [0.1, 0.15) is 56.2 Å². The van der Waals surface area contributed by atoms with E-state index >= 15 is 0 Å². The van der Waals surface area contributed by atoms with E-state index in [0.717, 1.165) is 51.4 Å². The number of hydrogen-bond acceptors (Lipinski definition) is 5. The van der Waals surface area contributed by atoms with Crippen LogP contribution in [0.25, 0.3) is 0 Å². The molecular weight excluding hydrogens is 366 g/mol. The van der Waals surface area contributed by atoms with Gasteiger partial charge >= 0.3 is 12.1 Å². The van der Waals surface area contributed by atoms with E-state index in [9.17, 15) is 14.7 Å². The topological polar surface area (TPSA) is 87.1 Å². The fraction of sp³-hybridized carbons (Fsp3) is 0.700. The summed E-state index contributed by atoms with van der Waals surface area (Å²) in [5.41, 5.74) is -1.43. The van der Waals surface area contributed by atoms with Crippen molar-refractivity contribution < 1.29 is 24.5 Å². The van der Waals surface area contributed by atoms with Gasteiger partial charge in [-0.3, -0.25) is 0 Å². The van der Waals surface area contributed by atoms with Crippen LogP contribution in [-0.2, 0) is 15.1 Å². The SMILES string of the molecule is O=C(O)N1CCC2(CC1)CC(OC(=O)C(O)(c1cccs1)C1CCCC1)C2. The number of amides is 1. The third-order valence-electron chi connectivity index (χ3n) is 6.84. The number of piperidine rings is 1. The lowest BCUT2D eigenvalue weighted by molar-refractivity contribution is -0.192. The smallest absolute Gasteiger partial charge is 0.407 e. The molecule has 0 radical (unpaired) electrons. The maximum Gasteiger partial charge on any atom is 0.407 e. The number of carbonyl (C=O) groups excluding carboxylic acids is 1. The van der Waals surface area contributed by atoms with E-state index < -0.39 is 17.7 Å². The molecule has 2 heterocycles. The molecule has 1 aromatic rings. The molecule has 27 heavy (non-hydrogen) atoms. The Morgan fingerprint density at radius 1 is 1.22 bits per heavy atom. The monoisotopic (exact) mass is 393 g/mol. The molecule has 1 aromatic heterocycles. The van der Waals surface area contributed by atoms with Crippen LogP contribution in [0.4, 0.5) is 4.79 Å². The van der Waals surface area contributed by atoms with Gasteiger partial charge in [-0.15, -0.1) is 11.3 Å². The van der Waals surface area contributed by atoms with Gasteiger partial charge in [-0.05, 0) is 55.4 Å². The normalized spacial score (nSPS) is 25.1. The number of rotatable bonds is 4. The van der Waals surface area contributed by atoms with Gasteiger partial charge in [0.1, 0.15) is 6.10 Å². The van der Waals surface area contributed by atoms with Crippen molar-refractivity contribution in [1.29, 1.82) is 0 Å². The lowest BCUT2D eigenvalue weighted by Crippen LogP contribution is -2.53. The highest BCUT2D eigenvalue weighted by Crippen LogP contribution is 2.51. The number of thiophene rings is 1. The minimum absolute atomic E-state index is 0.0727. The summed E-state index contributed by atoms with van der Waals surface area (Å²) >= 11 is 1.41. The molecule has 2 saturated carbocycles. The fourth-order valence-electron chi connectivity index (χ4n) is 5.12. The molecule has 0 aromatic carbocycles. The number of carboxylic acid groups (broad SMARTS) is 1. The first-order valence-electron chi connectivity index (χ1n) is 9.88. The van der Waals surface area contributed by atoms with Crippen LogP contribution in [0.3, 0.4) is 0 Å². The molecule has 1 saturated heterocycles. The Balaban J connectivity index is 1.38. The van der Waals surface area contributed by atoms with Crippen LogP contribution >= 0.6 is 11.3 Å². The lowest BCUT2D eigenvalue weighted by Gasteiger charge is -2.51. The van der Waals surface area contributed by atoms with Gasteiger partial charge in [0.25, 0.3) is 0 Å². The highest BCUT2D eigenvalue weighted by molar-refractivity contribution is 7.10. The highest BCUT2D eigenvalue weighted by Gasteiger charge is 2.53. The molecule has 2 aliphatic carbocycles. The summed E-state index contributed by atoms with van der Waals surface area (Å²) < 4.78 is 5.78. The first-order valence-corrected chi connectivity index (χ1v) is 10.8. The molecule has 1 spiro atoms. The van der Waals surface area contributed by atoms with E-state index in [1.165, 1.54) is 16.2 Å². The van der Waals surface area contributed by atoms with Crippen LogP contribution in [0.2, 0.25) is 0 Å². The molecule has 3 aliphatic rings. The van der Waals surface area contributed by atoms with Gasteiger partial charge in [0, 0.05) is 23.9 Å².